The first kappa shape index (κ1) is 18.1. The minimum absolute atomic E-state index is 0.148. The maximum atomic E-state index is 11.3. The van der Waals surface area contributed by atoms with E-state index in [9.17, 15) is 9.90 Å². The van der Waals surface area contributed by atoms with E-state index in [1.807, 2.05) is 12.1 Å². The fraction of sp³-hybridized carbons (Fsp3) is 0.300. The highest BCUT2D eigenvalue weighted by molar-refractivity contribution is 9.10. The van der Waals surface area contributed by atoms with Crippen molar-refractivity contribution in [3.63, 3.8) is 0 Å². The lowest BCUT2D eigenvalue weighted by atomic mass is 9.80. The Hall–Kier alpha value is -2.94. The second-order valence-corrected chi connectivity index (χ2v) is 8.19. The highest BCUT2D eigenvalue weighted by atomic mass is 79.9. The molecule has 1 aliphatic rings. The summed E-state index contributed by atoms with van der Waals surface area (Å²) in [6.45, 7) is 0. The minimum atomic E-state index is -0.720. The van der Waals surface area contributed by atoms with Crippen LogP contribution in [0.1, 0.15) is 37.3 Å². The van der Waals surface area contributed by atoms with Gasteiger partial charge in [0, 0.05) is 23.7 Å². The normalized spacial score (nSPS) is 19.8. The van der Waals surface area contributed by atoms with Gasteiger partial charge in [0.2, 0.25) is 0 Å². The highest BCUT2D eigenvalue weighted by Crippen LogP contribution is 2.41. The Bertz CT molecular complexity index is 1210. The molecule has 1 fully saturated rings. The molecule has 5 rings (SSSR count). The third kappa shape index (κ3) is 2.96. The van der Waals surface area contributed by atoms with E-state index in [1.165, 1.54) is 0 Å². The maximum Gasteiger partial charge on any atom is 0.306 e. The van der Waals surface area contributed by atoms with Crippen LogP contribution in [-0.4, -0.2) is 30.7 Å². The largest absolute Gasteiger partial charge is 0.481 e. The SMILES string of the molecule is Nc1c(Br)c([C@H]2CC[C@H](C(=O)O)CC2)nc2c(-c3cc4cnccc4o3)cnn12. The van der Waals surface area contributed by atoms with Crippen molar-refractivity contribution in [2.75, 3.05) is 5.73 Å². The zero-order valence-corrected chi connectivity index (χ0v) is 17.0. The van der Waals surface area contributed by atoms with E-state index in [0.717, 1.165) is 35.1 Å². The number of nitrogens with zero attached hydrogens (tertiary/aromatic N) is 4. The van der Waals surface area contributed by atoms with E-state index in [4.69, 9.17) is 15.1 Å². The van der Waals surface area contributed by atoms with Crippen molar-refractivity contribution in [3.8, 4) is 11.3 Å². The molecule has 4 heterocycles. The lowest BCUT2D eigenvalue weighted by Gasteiger charge is -2.26. The molecule has 0 saturated heterocycles. The van der Waals surface area contributed by atoms with Crippen molar-refractivity contribution in [1.82, 2.24) is 19.6 Å². The molecule has 29 heavy (non-hydrogen) atoms. The summed E-state index contributed by atoms with van der Waals surface area (Å²) in [5.41, 5.74) is 9.30. The molecule has 1 saturated carbocycles. The number of aromatic nitrogens is 4. The monoisotopic (exact) mass is 455 g/mol. The second kappa shape index (κ2) is 6.84. The summed E-state index contributed by atoms with van der Waals surface area (Å²) >= 11 is 3.58. The number of aliphatic carboxylic acids is 1. The molecular formula is C20H18BrN5O3. The number of halogens is 1. The van der Waals surface area contributed by atoms with E-state index in [1.54, 1.807) is 23.1 Å². The van der Waals surface area contributed by atoms with E-state index >= 15 is 0 Å². The van der Waals surface area contributed by atoms with E-state index in [2.05, 4.69) is 26.0 Å². The van der Waals surface area contributed by atoms with Crippen LogP contribution in [0.15, 0.2) is 39.6 Å². The topological polar surface area (TPSA) is 120 Å². The molecule has 1 aliphatic carbocycles. The first-order chi connectivity index (χ1) is 14.0. The molecule has 0 unspecified atom stereocenters. The zero-order chi connectivity index (χ0) is 20.1. The number of hydrogen-bond donors (Lipinski definition) is 2. The molecule has 0 aromatic carbocycles. The number of fused-ring (bicyclic) bond motifs is 2. The van der Waals surface area contributed by atoms with Crippen LogP contribution in [0.5, 0.6) is 0 Å². The molecule has 0 bridgehead atoms. The predicted octanol–water partition coefficient (Wildman–Crippen LogP) is 4.24. The van der Waals surface area contributed by atoms with Gasteiger partial charge in [-0.05, 0) is 53.7 Å². The summed E-state index contributed by atoms with van der Waals surface area (Å²) in [6, 6.07) is 3.73. The number of furan rings is 1. The molecule has 0 aliphatic heterocycles. The summed E-state index contributed by atoms with van der Waals surface area (Å²) in [6.07, 6.45) is 7.93. The molecule has 3 N–H and O–H groups in total. The van der Waals surface area contributed by atoms with Gasteiger partial charge in [0.05, 0.1) is 27.8 Å². The van der Waals surface area contributed by atoms with Crippen LogP contribution in [0.25, 0.3) is 27.9 Å². The van der Waals surface area contributed by atoms with Crippen LogP contribution >= 0.6 is 15.9 Å². The van der Waals surface area contributed by atoms with E-state index in [0.29, 0.717) is 34.5 Å². The molecule has 0 amide bonds. The van der Waals surface area contributed by atoms with Crippen LogP contribution < -0.4 is 5.73 Å². The van der Waals surface area contributed by atoms with Crippen LogP contribution in [0.2, 0.25) is 0 Å². The number of rotatable bonds is 3. The lowest BCUT2D eigenvalue weighted by molar-refractivity contribution is -0.142. The molecule has 0 spiro atoms. The standard InChI is InChI=1S/C20H18BrN5O3/c21-16-17(10-1-3-11(4-2-10)20(27)28)25-19-13(9-24-26(19)18(16)22)15-7-12-8-23-6-5-14(12)29-15/h5-11H,1-4,22H2,(H,27,28)/t10-,11-. The van der Waals surface area contributed by atoms with Crippen LogP contribution in [-0.2, 0) is 4.79 Å². The molecule has 0 radical (unpaired) electrons. The summed E-state index contributed by atoms with van der Waals surface area (Å²) in [5, 5.41) is 14.6. The van der Waals surface area contributed by atoms with Gasteiger partial charge in [-0.2, -0.15) is 9.61 Å². The average molecular weight is 456 g/mol. The fourth-order valence-corrected chi connectivity index (χ4v) is 4.67. The fourth-order valence-electron chi connectivity index (χ4n) is 4.09. The van der Waals surface area contributed by atoms with Gasteiger partial charge in [-0.1, -0.05) is 0 Å². The van der Waals surface area contributed by atoms with Gasteiger partial charge in [0.1, 0.15) is 17.2 Å². The van der Waals surface area contributed by atoms with Crippen molar-refractivity contribution in [2.45, 2.75) is 31.6 Å². The van der Waals surface area contributed by atoms with Crippen molar-refractivity contribution in [2.24, 2.45) is 5.92 Å². The number of carboxylic acids is 1. The van der Waals surface area contributed by atoms with Gasteiger partial charge < -0.3 is 15.3 Å². The number of anilines is 1. The Morgan fingerprint density at radius 3 is 2.79 bits per heavy atom. The Morgan fingerprint density at radius 1 is 1.28 bits per heavy atom. The molecule has 4 aromatic heterocycles. The van der Waals surface area contributed by atoms with Crippen LogP contribution in [0.3, 0.4) is 0 Å². The Balaban J connectivity index is 1.59. The predicted molar refractivity (Wildman–Crippen MR) is 110 cm³/mol. The molecule has 8 nitrogen and oxygen atoms in total. The first-order valence-corrected chi connectivity index (χ1v) is 10.2. The smallest absolute Gasteiger partial charge is 0.306 e. The van der Waals surface area contributed by atoms with Crippen molar-refractivity contribution < 1.29 is 14.3 Å². The Labute approximate surface area is 173 Å². The molecule has 0 atom stereocenters. The number of hydrogen-bond acceptors (Lipinski definition) is 6. The number of nitrogen functional groups attached to an aromatic ring is 1. The third-order valence-electron chi connectivity index (χ3n) is 5.69. The van der Waals surface area contributed by atoms with Crippen LogP contribution in [0, 0.1) is 5.92 Å². The molecule has 4 aromatic rings. The number of carboxylic acid groups (broad SMARTS) is 1. The van der Waals surface area contributed by atoms with E-state index < -0.39 is 5.97 Å². The summed E-state index contributed by atoms with van der Waals surface area (Å²) in [5.74, 6) is 0.269. The Kier molecular flexibility index (Phi) is 4.27. The maximum absolute atomic E-state index is 11.3. The van der Waals surface area contributed by atoms with Gasteiger partial charge in [0.15, 0.2) is 5.65 Å². The summed E-state index contributed by atoms with van der Waals surface area (Å²) < 4.78 is 8.27. The number of nitrogens with two attached hydrogens (primary N) is 1. The third-order valence-corrected chi connectivity index (χ3v) is 6.51. The lowest BCUT2D eigenvalue weighted by Crippen LogP contribution is -2.21. The minimum Gasteiger partial charge on any atom is -0.481 e. The van der Waals surface area contributed by atoms with Gasteiger partial charge >= 0.3 is 5.97 Å². The van der Waals surface area contributed by atoms with Crippen molar-refractivity contribution in [3.05, 3.63) is 40.9 Å². The number of pyridine rings is 1. The molecule has 148 valence electrons. The average Bonchev–Trinajstić information content (AvgIpc) is 3.34. The van der Waals surface area contributed by atoms with Crippen LogP contribution in [0.4, 0.5) is 5.82 Å². The quantitative estimate of drug-likeness (QED) is 0.473. The Morgan fingerprint density at radius 2 is 2.07 bits per heavy atom. The summed E-state index contributed by atoms with van der Waals surface area (Å²) in [4.78, 5) is 20.3. The number of carbonyl (C=O) groups is 1. The first-order valence-electron chi connectivity index (χ1n) is 9.42. The van der Waals surface area contributed by atoms with Gasteiger partial charge in [0.25, 0.3) is 0 Å². The van der Waals surface area contributed by atoms with Gasteiger partial charge in [-0.15, -0.1) is 0 Å². The van der Waals surface area contributed by atoms with E-state index in [-0.39, 0.29) is 11.8 Å². The molecular weight excluding hydrogens is 438 g/mol. The van der Waals surface area contributed by atoms with Gasteiger partial charge in [-0.25, -0.2) is 4.98 Å². The second-order valence-electron chi connectivity index (χ2n) is 7.40. The summed E-state index contributed by atoms with van der Waals surface area (Å²) in [7, 11) is 0. The van der Waals surface area contributed by atoms with Crippen molar-refractivity contribution in [1.29, 1.82) is 0 Å². The zero-order valence-electron chi connectivity index (χ0n) is 15.4. The molecule has 9 heteroatoms. The highest BCUT2D eigenvalue weighted by Gasteiger charge is 2.30. The van der Waals surface area contributed by atoms with Gasteiger partial charge in [-0.3, -0.25) is 9.78 Å². The van der Waals surface area contributed by atoms with Crippen molar-refractivity contribution >= 4 is 44.3 Å².